The molecule has 0 amide bonds. The SMILES string of the molecule is CCCNC(CC)CN1CCC(CN2CCCC2)CC1. The third kappa shape index (κ3) is 5.34. The summed E-state index contributed by atoms with van der Waals surface area (Å²) in [7, 11) is 0. The first kappa shape index (κ1) is 16.3. The van der Waals surface area contributed by atoms with Crippen LogP contribution in [0, 0.1) is 5.92 Å². The van der Waals surface area contributed by atoms with Gasteiger partial charge in [-0.15, -0.1) is 0 Å². The number of likely N-dealkylation sites (tertiary alicyclic amines) is 2. The molecule has 2 fully saturated rings. The van der Waals surface area contributed by atoms with Gasteiger partial charge in [-0.1, -0.05) is 13.8 Å². The molecule has 2 aliphatic heterocycles. The molecule has 1 N–H and O–H groups in total. The van der Waals surface area contributed by atoms with Gasteiger partial charge < -0.3 is 15.1 Å². The third-order valence-electron chi connectivity index (χ3n) is 5.08. The highest BCUT2D eigenvalue weighted by Gasteiger charge is 2.23. The Kier molecular flexibility index (Phi) is 7.32. The van der Waals surface area contributed by atoms with Gasteiger partial charge in [-0.05, 0) is 77.2 Å². The van der Waals surface area contributed by atoms with Gasteiger partial charge in [0, 0.05) is 19.1 Å². The van der Waals surface area contributed by atoms with E-state index in [0.717, 1.165) is 5.92 Å². The Morgan fingerprint density at radius 2 is 1.70 bits per heavy atom. The van der Waals surface area contributed by atoms with E-state index in [0.29, 0.717) is 6.04 Å². The second kappa shape index (κ2) is 9.01. The van der Waals surface area contributed by atoms with Crippen LogP contribution in [0.5, 0.6) is 0 Å². The van der Waals surface area contributed by atoms with Crippen molar-refractivity contribution >= 4 is 0 Å². The number of piperidine rings is 1. The Labute approximate surface area is 126 Å². The monoisotopic (exact) mass is 281 g/mol. The number of nitrogens with zero attached hydrogens (tertiary/aromatic N) is 2. The Bertz CT molecular complexity index is 243. The topological polar surface area (TPSA) is 18.5 Å². The van der Waals surface area contributed by atoms with Gasteiger partial charge in [0.1, 0.15) is 0 Å². The molecule has 3 nitrogen and oxygen atoms in total. The van der Waals surface area contributed by atoms with Crippen LogP contribution >= 0.6 is 0 Å². The molecular formula is C17H35N3. The van der Waals surface area contributed by atoms with E-state index in [4.69, 9.17) is 0 Å². The van der Waals surface area contributed by atoms with Crippen LogP contribution in [-0.2, 0) is 0 Å². The summed E-state index contributed by atoms with van der Waals surface area (Å²) in [4.78, 5) is 5.38. The lowest BCUT2D eigenvalue weighted by molar-refractivity contribution is 0.142. The first-order chi connectivity index (χ1) is 9.81. The Morgan fingerprint density at radius 3 is 2.30 bits per heavy atom. The van der Waals surface area contributed by atoms with Crippen LogP contribution in [0.3, 0.4) is 0 Å². The van der Waals surface area contributed by atoms with Crippen LogP contribution in [0.1, 0.15) is 52.4 Å². The van der Waals surface area contributed by atoms with Gasteiger partial charge in [0.15, 0.2) is 0 Å². The fourth-order valence-electron chi connectivity index (χ4n) is 3.68. The van der Waals surface area contributed by atoms with Gasteiger partial charge in [-0.25, -0.2) is 0 Å². The van der Waals surface area contributed by atoms with E-state index in [-0.39, 0.29) is 0 Å². The molecule has 20 heavy (non-hydrogen) atoms. The predicted octanol–water partition coefficient (Wildman–Crippen LogP) is 2.57. The molecule has 0 saturated carbocycles. The Hall–Kier alpha value is -0.120. The maximum absolute atomic E-state index is 3.69. The molecule has 0 bridgehead atoms. The summed E-state index contributed by atoms with van der Waals surface area (Å²) in [5.41, 5.74) is 0. The maximum atomic E-state index is 3.69. The fourth-order valence-corrected chi connectivity index (χ4v) is 3.68. The highest BCUT2D eigenvalue weighted by molar-refractivity contribution is 4.79. The van der Waals surface area contributed by atoms with Gasteiger partial charge in [-0.2, -0.15) is 0 Å². The molecule has 2 aliphatic rings. The Morgan fingerprint density at radius 1 is 1.00 bits per heavy atom. The molecule has 1 atom stereocenters. The summed E-state index contributed by atoms with van der Waals surface area (Å²) < 4.78 is 0. The first-order valence-electron chi connectivity index (χ1n) is 9.00. The third-order valence-corrected chi connectivity index (χ3v) is 5.08. The molecule has 3 heteroatoms. The molecule has 2 saturated heterocycles. The van der Waals surface area contributed by atoms with E-state index >= 15 is 0 Å². The summed E-state index contributed by atoms with van der Waals surface area (Å²) in [5.74, 6) is 0.966. The van der Waals surface area contributed by atoms with Crippen molar-refractivity contribution in [3.05, 3.63) is 0 Å². The van der Waals surface area contributed by atoms with Crippen molar-refractivity contribution < 1.29 is 0 Å². The number of rotatable bonds is 8. The van der Waals surface area contributed by atoms with Crippen molar-refractivity contribution in [3.63, 3.8) is 0 Å². The smallest absolute Gasteiger partial charge is 0.0192 e. The quantitative estimate of drug-likeness (QED) is 0.738. The van der Waals surface area contributed by atoms with Gasteiger partial charge in [0.2, 0.25) is 0 Å². The zero-order valence-electron chi connectivity index (χ0n) is 13.7. The summed E-state index contributed by atoms with van der Waals surface area (Å²) in [5, 5.41) is 3.69. The molecule has 0 spiro atoms. The minimum Gasteiger partial charge on any atom is -0.313 e. The van der Waals surface area contributed by atoms with Gasteiger partial charge in [-0.3, -0.25) is 0 Å². The minimum atomic E-state index is 0.699. The van der Waals surface area contributed by atoms with Crippen molar-refractivity contribution in [2.24, 2.45) is 5.92 Å². The molecule has 118 valence electrons. The first-order valence-corrected chi connectivity index (χ1v) is 9.00. The average Bonchev–Trinajstić information content (AvgIpc) is 2.98. The van der Waals surface area contributed by atoms with E-state index in [1.54, 1.807) is 0 Å². The second-order valence-electron chi connectivity index (χ2n) is 6.81. The lowest BCUT2D eigenvalue weighted by Crippen LogP contribution is -2.45. The molecule has 0 aromatic heterocycles. The number of hydrogen-bond acceptors (Lipinski definition) is 3. The van der Waals surface area contributed by atoms with Gasteiger partial charge >= 0.3 is 0 Å². The van der Waals surface area contributed by atoms with E-state index in [2.05, 4.69) is 29.0 Å². The molecule has 2 heterocycles. The summed E-state index contributed by atoms with van der Waals surface area (Å²) in [6.07, 6.45) is 8.20. The Balaban J connectivity index is 1.62. The van der Waals surface area contributed by atoms with Gasteiger partial charge in [0.25, 0.3) is 0 Å². The zero-order chi connectivity index (χ0) is 14.2. The van der Waals surface area contributed by atoms with Crippen molar-refractivity contribution in [1.82, 2.24) is 15.1 Å². The van der Waals surface area contributed by atoms with Crippen molar-refractivity contribution in [2.45, 2.75) is 58.4 Å². The predicted molar refractivity (Wildman–Crippen MR) is 87.2 cm³/mol. The molecule has 0 radical (unpaired) electrons. The lowest BCUT2D eigenvalue weighted by atomic mass is 9.96. The van der Waals surface area contributed by atoms with E-state index in [1.807, 2.05) is 0 Å². The minimum absolute atomic E-state index is 0.699. The van der Waals surface area contributed by atoms with Crippen molar-refractivity contribution in [2.75, 3.05) is 45.8 Å². The second-order valence-corrected chi connectivity index (χ2v) is 6.81. The fraction of sp³-hybridized carbons (Fsp3) is 1.00. The van der Waals surface area contributed by atoms with Crippen LogP contribution in [0.25, 0.3) is 0 Å². The molecule has 2 rings (SSSR count). The normalized spacial score (nSPS) is 24.3. The average molecular weight is 281 g/mol. The van der Waals surface area contributed by atoms with Crippen LogP contribution < -0.4 is 5.32 Å². The summed E-state index contributed by atoms with van der Waals surface area (Å²) >= 11 is 0. The van der Waals surface area contributed by atoms with Crippen molar-refractivity contribution in [3.8, 4) is 0 Å². The van der Waals surface area contributed by atoms with Crippen LogP contribution in [0.4, 0.5) is 0 Å². The molecule has 1 unspecified atom stereocenters. The van der Waals surface area contributed by atoms with Gasteiger partial charge in [0.05, 0.1) is 0 Å². The molecule has 0 aromatic carbocycles. The molecule has 0 aliphatic carbocycles. The summed E-state index contributed by atoms with van der Waals surface area (Å²) in [6, 6.07) is 0.699. The standard InChI is InChI=1S/C17H35N3/c1-3-9-18-17(4-2)15-20-12-7-16(8-13-20)14-19-10-5-6-11-19/h16-18H,3-15H2,1-2H3. The highest BCUT2D eigenvalue weighted by Crippen LogP contribution is 2.20. The zero-order valence-corrected chi connectivity index (χ0v) is 13.7. The van der Waals surface area contributed by atoms with E-state index < -0.39 is 0 Å². The maximum Gasteiger partial charge on any atom is 0.0192 e. The van der Waals surface area contributed by atoms with E-state index in [9.17, 15) is 0 Å². The van der Waals surface area contributed by atoms with Crippen LogP contribution in [0.15, 0.2) is 0 Å². The largest absolute Gasteiger partial charge is 0.313 e. The molecule has 0 aromatic rings. The van der Waals surface area contributed by atoms with Crippen LogP contribution in [0.2, 0.25) is 0 Å². The highest BCUT2D eigenvalue weighted by atomic mass is 15.2. The van der Waals surface area contributed by atoms with Crippen LogP contribution in [-0.4, -0.2) is 61.7 Å². The van der Waals surface area contributed by atoms with Crippen molar-refractivity contribution in [1.29, 1.82) is 0 Å². The lowest BCUT2D eigenvalue weighted by Gasteiger charge is -2.35. The summed E-state index contributed by atoms with van der Waals surface area (Å²) in [6.45, 7) is 13.7. The van der Waals surface area contributed by atoms with E-state index in [1.165, 1.54) is 84.3 Å². The number of nitrogens with one attached hydrogen (secondary N) is 1. The number of hydrogen-bond donors (Lipinski definition) is 1. The molecular weight excluding hydrogens is 246 g/mol.